The molecule has 0 atom stereocenters. The molecule has 1 heterocycles. The Labute approximate surface area is 119 Å². The summed E-state index contributed by atoms with van der Waals surface area (Å²) < 4.78 is 18.0. The van der Waals surface area contributed by atoms with E-state index in [1.165, 1.54) is 0 Å². The quantitative estimate of drug-likeness (QED) is 0.821. The molecule has 0 aliphatic carbocycles. The monoisotopic (exact) mass is 277 g/mol. The number of hydrogen-bond donors (Lipinski definition) is 0. The van der Waals surface area contributed by atoms with Gasteiger partial charge in [0, 0.05) is 18.2 Å². The molecular weight excluding hydrogens is 257 g/mol. The number of nitrogens with zero attached hydrogens (tertiary/aromatic N) is 1. The van der Waals surface area contributed by atoms with Crippen molar-refractivity contribution >= 4 is 5.91 Å². The van der Waals surface area contributed by atoms with Crippen LogP contribution in [0.4, 0.5) is 4.39 Å². The summed E-state index contributed by atoms with van der Waals surface area (Å²) in [6.45, 7) is 6.74. The van der Waals surface area contributed by atoms with E-state index in [9.17, 15) is 9.18 Å². The highest BCUT2D eigenvalue weighted by Gasteiger charge is 2.29. The number of amides is 1. The zero-order valence-electron chi connectivity index (χ0n) is 12.1. The molecule has 0 saturated heterocycles. The molecule has 1 aliphatic heterocycles. The largest absolute Gasteiger partial charge is 0.489 e. The molecule has 1 amide bonds. The summed E-state index contributed by atoms with van der Waals surface area (Å²) >= 11 is 0. The van der Waals surface area contributed by atoms with Crippen LogP contribution in [0.5, 0.6) is 5.75 Å². The zero-order valence-corrected chi connectivity index (χ0v) is 12.1. The molecule has 1 aliphatic rings. The van der Waals surface area contributed by atoms with Crippen molar-refractivity contribution in [2.45, 2.75) is 39.8 Å². The third-order valence-electron chi connectivity index (χ3n) is 3.56. The average molecular weight is 277 g/mol. The van der Waals surface area contributed by atoms with Gasteiger partial charge in [-0.15, -0.1) is 0 Å². The van der Waals surface area contributed by atoms with Crippen molar-refractivity contribution in [3.05, 3.63) is 41.2 Å². The molecule has 20 heavy (non-hydrogen) atoms. The van der Waals surface area contributed by atoms with Crippen molar-refractivity contribution in [3.63, 3.8) is 0 Å². The zero-order chi connectivity index (χ0) is 14.7. The number of rotatable bonds is 5. The molecule has 2 rings (SSSR count). The van der Waals surface area contributed by atoms with Crippen molar-refractivity contribution in [1.29, 1.82) is 0 Å². The molecule has 3 nitrogen and oxygen atoms in total. The number of carbonyl (C=O) groups excluding carboxylic acids is 1. The average Bonchev–Trinajstić information content (AvgIpc) is 2.77. The summed E-state index contributed by atoms with van der Waals surface area (Å²) in [5.74, 6) is 0.745. The molecule has 4 heteroatoms. The Balaban J connectivity index is 2.11. The Morgan fingerprint density at radius 3 is 2.85 bits per heavy atom. The first-order valence-corrected chi connectivity index (χ1v) is 6.91. The van der Waals surface area contributed by atoms with Crippen LogP contribution >= 0.6 is 0 Å². The summed E-state index contributed by atoms with van der Waals surface area (Å²) in [4.78, 5) is 14.0. The van der Waals surface area contributed by atoms with Crippen LogP contribution in [-0.2, 0) is 6.54 Å². The molecule has 0 saturated carbocycles. The summed E-state index contributed by atoms with van der Waals surface area (Å²) in [5.41, 5.74) is 2.33. The van der Waals surface area contributed by atoms with Crippen LogP contribution in [-0.4, -0.2) is 23.5 Å². The number of hydrogen-bond acceptors (Lipinski definition) is 2. The molecule has 0 radical (unpaired) electrons. The van der Waals surface area contributed by atoms with Gasteiger partial charge in [0.25, 0.3) is 5.91 Å². The van der Waals surface area contributed by atoms with Crippen LogP contribution in [0.15, 0.2) is 30.1 Å². The van der Waals surface area contributed by atoms with Crippen molar-refractivity contribution in [3.8, 4) is 5.75 Å². The van der Waals surface area contributed by atoms with Gasteiger partial charge < -0.3 is 9.64 Å². The third kappa shape index (κ3) is 2.84. The molecule has 0 aromatic heterocycles. The van der Waals surface area contributed by atoms with Gasteiger partial charge in [-0.05, 0) is 49.6 Å². The summed E-state index contributed by atoms with van der Waals surface area (Å²) in [6, 6.07) is 5.62. The van der Waals surface area contributed by atoms with Gasteiger partial charge in [0.2, 0.25) is 0 Å². The van der Waals surface area contributed by atoms with Gasteiger partial charge in [-0.2, -0.15) is 0 Å². The number of carbonyl (C=O) groups is 1. The predicted octanol–water partition coefficient (Wildman–Crippen LogP) is 3.69. The van der Waals surface area contributed by atoms with Gasteiger partial charge in [0.05, 0.1) is 6.33 Å². The van der Waals surface area contributed by atoms with Crippen molar-refractivity contribution in [1.82, 2.24) is 4.90 Å². The second-order valence-electron chi connectivity index (χ2n) is 5.26. The summed E-state index contributed by atoms with van der Waals surface area (Å²) in [6.07, 6.45) is 1.22. The fraction of sp³-hybridized carbons (Fsp3) is 0.438. The molecule has 1 aromatic carbocycles. The van der Waals surface area contributed by atoms with Crippen molar-refractivity contribution in [2.75, 3.05) is 6.61 Å². The molecule has 0 unspecified atom stereocenters. The Morgan fingerprint density at radius 1 is 1.50 bits per heavy atom. The van der Waals surface area contributed by atoms with Crippen LogP contribution in [0.3, 0.4) is 0 Å². The van der Waals surface area contributed by atoms with E-state index in [1.807, 2.05) is 31.7 Å². The second-order valence-corrected chi connectivity index (χ2v) is 5.26. The van der Waals surface area contributed by atoms with Crippen molar-refractivity contribution in [2.24, 2.45) is 0 Å². The van der Waals surface area contributed by atoms with Gasteiger partial charge in [-0.1, -0.05) is 6.92 Å². The molecule has 0 spiro atoms. The minimum absolute atomic E-state index is 0.0689. The molecule has 0 N–H and O–H groups in total. The fourth-order valence-electron chi connectivity index (χ4n) is 2.21. The SMILES string of the molecule is CC/C(=C\F)COc1ccc2c(c1)CN(C(C)C)C2=O. The van der Waals surface area contributed by atoms with E-state index in [4.69, 9.17) is 4.74 Å². The predicted molar refractivity (Wildman–Crippen MR) is 76.4 cm³/mol. The van der Waals surface area contributed by atoms with E-state index in [-0.39, 0.29) is 18.6 Å². The van der Waals surface area contributed by atoms with E-state index in [0.29, 0.717) is 30.6 Å². The van der Waals surface area contributed by atoms with Crippen molar-refractivity contribution < 1.29 is 13.9 Å². The minimum Gasteiger partial charge on any atom is -0.489 e. The van der Waals surface area contributed by atoms with E-state index >= 15 is 0 Å². The smallest absolute Gasteiger partial charge is 0.254 e. The highest BCUT2D eigenvalue weighted by molar-refractivity contribution is 5.98. The van der Waals surface area contributed by atoms with Crippen LogP contribution in [0, 0.1) is 0 Å². The first kappa shape index (κ1) is 14.6. The number of benzene rings is 1. The van der Waals surface area contributed by atoms with Gasteiger partial charge in [-0.25, -0.2) is 4.39 Å². The van der Waals surface area contributed by atoms with E-state index < -0.39 is 0 Å². The van der Waals surface area contributed by atoms with Crippen LogP contribution in [0.2, 0.25) is 0 Å². The first-order chi connectivity index (χ1) is 9.56. The Morgan fingerprint density at radius 2 is 2.25 bits per heavy atom. The topological polar surface area (TPSA) is 29.5 Å². The van der Waals surface area contributed by atoms with Gasteiger partial charge in [-0.3, -0.25) is 4.79 Å². The first-order valence-electron chi connectivity index (χ1n) is 6.91. The number of fused-ring (bicyclic) bond motifs is 1. The van der Waals surface area contributed by atoms with Gasteiger partial charge >= 0.3 is 0 Å². The highest BCUT2D eigenvalue weighted by Crippen LogP contribution is 2.28. The Bertz CT molecular complexity index is 537. The third-order valence-corrected chi connectivity index (χ3v) is 3.56. The maximum absolute atomic E-state index is 12.5. The van der Waals surface area contributed by atoms with Crippen LogP contribution in [0.25, 0.3) is 0 Å². The lowest BCUT2D eigenvalue weighted by molar-refractivity contribution is 0.0730. The lowest BCUT2D eigenvalue weighted by atomic mass is 10.1. The minimum atomic E-state index is 0.0689. The lowest BCUT2D eigenvalue weighted by Gasteiger charge is -2.19. The Hall–Kier alpha value is -1.84. The van der Waals surface area contributed by atoms with E-state index in [1.54, 1.807) is 12.1 Å². The second kappa shape index (κ2) is 6.07. The standard InChI is InChI=1S/C16H20FNO2/c1-4-12(8-17)10-20-14-5-6-15-13(7-14)9-18(11(2)3)16(15)19/h5-8,11H,4,9-10H2,1-3H3/b12-8+. The summed E-state index contributed by atoms with van der Waals surface area (Å²) in [7, 11) is 0. The van der Waals surface area contributed by atoms with Gasteiger partial charge in [0.15, 0.2) is 0 Å². The fourth-order valence-corrected chi connectivity index (χ4v) is 2.21. The maximum Gasteiger partial charge on any atom is 0.254 e. The normalized spacial score (nSPS) is 14.9. The molecule has 0 bridgehead atoms. The van der Waals surface area contributed by atoms with E-state index in [0.717, 1.165) is 11.1 Å². The van der Waals surface area contributed by atoms with Gasteiger partial charge in [0.1, 0.15) is 12.4 Å². The highest BCUT2D eigenvalue weighted by atomic mass is 19.1. The van der Waals surface area contributed by atoms with E-state index in [2.05, 4.69) is 0 Å². The molecular formula is C16H20FNO2. The lowest BCUT2D eigenvalue weighted by Crippen LogP contribution is -2.30. The molecule has 1 aromatic rings. The van der Waals surface area contributed by atoms with Crippen LogP contribution < -0.4 is 4.74 Å². The maximum atomic E-state index is 12.5. The Kier molecular flexibility index (Phi) is 4.42. The number of halogens is 1. The molecule has 0 fully saturated rings. The van der Waals surface area contributed by atoms with Crippen LogP contribution in [0.1, 0.15) is 43.1 Å². The molecule has 108 valence electrons. The number of ether oxygens (including phenoxy) is 1. The summed E-state index contributed by atoms with van der Waals surface area (Å²) in [5, 5.41) is 0.